The van der Waals surface area contributed by atoms with Crippen LogP contribution in [0.1, 0.15) is 6.92 Å². The van der Waals surface area contributed by atoms with Crippen molar-refractivity contribution in [1.82, 2.24) is 0 Å². The smallest absolute Gasteiger partial charge is 0.344 e. The molecule has 1 N–H and O–H groups in total. The van der Waals surface area contributed by atoms with Gasteiger partial charge in [0.25, 0.3) is 0 Å². The third kappa shape index (κ3) is 1.67. The monoisotopic (exact) mass is 264 g/mol. The van der Waals surface area contributed by atoms with Gasteiger partial charge in [-0.25, -0.2) is 4.79 Å². The van der Waals surface area contributed by atoms with E-state index in [-0.39, 0.29) is 10.6 Å². The molecule has 0 saturated heterocycles. The van der Waals surface area contributed by atoms with Crippen LogP contribution in [0.15, 0.2) is 22.8 Å². The molecule has 0 aromatic rings. The molecule has 0 saturated carbocycles. The van der Waals surface area contributed by atoms with Crippen LogP contribution in [0.5, 0.6) is 0 Å². The maximum atomic E-state index is 11.5. The van der Waals surface area contributed by atoms with Crippen molar-refractivity contribution < 1.29 is 19.4 Å². The van der Waals surface area contributed by atoms with Crippen molar-refractivity contribution >= 4 is 35.0 Å². The van der Waals surface area contributed by atoms with Crippen LogP contribution in [0, 0.1) is 0 Å². The van der Waals surface area contributed by atoms with Crippen LogP contribution in [0.25, 0.3) is 0 Å². The molecular formula is C10H10Cl2O4. The Kier molecular flexibility index (Phi) is 3.78. The Hall–Kier alpha value is -0.840. The molecule has 6 heteroatoms. The number of carbonyl (C=O) groups is 2. The van der Waals surface area contributed by atoms with Crippen LogP contribution in [-0.2, 0) is 14.3 Å². The zero-order valence-corrected chi connectivity index (χ0v) is 10.2. The average molecular weight is 265 g/mol. The lowest BCUT2D eigenvalue weighted by Gasteiger charge is -2.23. The van der Waals surface area contributed by atoms with Crippen LogP contribution in [0.2, 0.25) is 0 Å². The predicted molar refractivity (Wildman–Crippen MR) is 59.3 cm³/mol. The lowest BCUT2D eigenvalue weighted by molar-refractivity contribution is -0.158. The third-order valence-corrected chi connectivity index (χ3v) is 3.19. The van der Waals surface area contributed by atoms with Gasteiger partial charge in [0.2, 0.25) is 5.60 Å². The van der Waals surface area contributed by atoms with E-state index >= 15 is 0 Å². The highest BCUT2D eigenvalue weighted by molar-refractivity contribution is 6.52. The van der Waals surface area contributed by atoms with Crippen molar-refractivity contribution in [2.75, 3.05) is 7.11 Å². The lowest BCUT2D eigenvalue weighted by Crippen LogP contribution is -2.48. The van der Waals surface area contributed by atoms with E-state index in [0.717, 1.165) is 7.11 Å². The molecule has 0 aromatic heterocycles. The van der Waals surface area contributed by atoms with Gasteiger partial charge in [-0.1, -0.05) is 23.8 Å². The fourth-order valence-electron chi connectivity index (χ4n) is 1.47. The summed E-state index contributed by atoms with van der Waals surface area (Å²) in [7, 11) is 1.09. The van der Waals surface area contributed by atoms with Crippen molar-refractivity contribution in [3.8, 4) is 0 Å². The number of carbonyl (C=O) groups excluding carboxylic acids is 2. The largest absolute Gasteiger partial charge is 0.467 e. The number of rotatable bonds is 2. The number of ether oxygens (including phenoxy) is 1. The van der Waals surface area contributed by atoms with Crippen LogP contribution >= 0.6 is 23.2 Å². The highest BCUT2D eigenvalue weighted by Crippen LogP contribution is 2.40. The number of ketones is 1. The van der Waals surface area contributed by atoms with Gasteiger partial charge in [-0.05, 0) is 6.92 Å². The number of methoxy groups -OCH3 is 1. The van der Waals surface area contributed by atoms with Gasteiger partial charge in [-0.3, -0.25) is 4.79 Å². The Balaban J connectivity index is 3.37. The number of halogens is 2. The molecule has 0 radical (unpaired) electrons. The molecule has 0 unspecified atom stereocenters. The molecule has 0 spiro atoms. The summed E-state index contributed by atoms with van der Waals surface area (Å²) in [5, 5.41) is 8.44. The molecule has 1 rings (SSSR count). The molecule has 0 heterocycles. The summed E-state index contributed by atoms with van der Waals surface area (Å²) >= 11 is 11.4. The Labute approximate surface area is 102 Å². The minimum atomic E-state index is -2.21. The normalized spacial score (nSPS) is 30.3. The second-order valence-electron chi connectivity index (χ2n) is 3.21. The van der Waals surface area contributed by atoms with E-state index in [1.807, 2.05) is 0 Å². The molecule has 16 heavy (non-hydrogen) atoms. The van der Waals surface area contributed by atoms with Gasteiger partial charge in [0.1, 0.15) is 5.38 Å². The topological polar surface area (TPSA) is 63.6 Å². The Morgan fingerprint density at radius 1 is 1.62 bits per heavy atom. The van der Waals surface area contributed by atoms with E-state index in [2.05, 4.69) is 4.74 Å². The Morgan fingerprint density at radius 2 is 2.19 bits per heavy atom. The zero-order chi connectivity index (χ0) is 12.5. The number of allylic oxidation sites excluding steroid dienone is 2. The van der Waals surface area contributed by atoms with E-state index in [9.17, 15) is 14.7 Å². The standard InChI is InChI=1S/C10H10Cl2O4/c1-3-4-5-6(11)7(13)8(12)10(5,15)9(14)16-2/h3-4,8,15H,1-2H3/b4-3-/t8-,10-/m0/s1. The van der Waals surface area contributed by atoms with Crippen LogP contribution in [-0.4, -0.2) is 34.9 Å². The van der Waals surface area contributed by atoms with Gasteiger partial charge < -0.3 is 9.84 Å². The van der Waals surface area contributed by atoms with Crippen LogP contribution in [0.3, 0.4) is 0 Å². The van der Waals surface area contributed by atoms with Crippen LogP contribution < -0.4 is 0 Å². The van der Waals surface area contributed by atoms with E-state index < -0.39 is 22.7 Å². The van der Waals surface area contributed by atoms with Crippen molar-refractivity contribution in [3.63, 3.8) is 0 Å². The highest BCUT2D eigenvalue weighted by atomic mass is 35.5. The number of hydrogen-bond acceptors (Lipinski definition) is 4. The molecule has 0 amide bonds. The molecule has 0 fully saturated rings. The number of Topliss-reactive ketones (excluding diaryl/α,β-unsaturated/α-hetero) is 1. The summed E-state index contributed by atoms with van der Waals surface area (Å²) in [6.45, 7) is 1.65. The molecule has 4 nitrogen and oxygen atoms in total. The highest BCUT2D eigenvalue weighted by Gasteiger charge is 2.57. The molecule has 1 aliphatic carbocycles. The summed E-state index contributed by atoms with van der Waals surface area (Å²) in [6.07, 6.45) is 2.90. The number of aliphatic hydroxyl groups is 1. The Morgan fingerprint density at radius 3 is 2.62 bits per heavy atom. The van der Waals surface area contributed by atoms with Crippen molar-refractivity contribution in [3.05, 3.63) is 22.8 Å². The minimum absolute atomic E-state index is 0.0338. The first-order chi connectivity index (χ1) is 7.41. The maximum absolute atomic E-state index is 11.5. The number of hydrogen-bond donors (Lipinski definition) is 1. The average Bonchev–Trinajstić information content (AvgIpc) is 2.44. The van der Waals surface area contributed by atoms with E-state index in [1.165, 1.54) is 12.2 Å². The van der Waals surface area contributed by atoms with Gasteiger partial charge in [0, 0.05) is 5.57 Å². The summed E-state index contributed by atoms with van der Waals surface area (Å²) in [6, 6.07) is 0. The summed E-state index contributed by atoms with van der Waals surface area (Å²) < 4.78 is 4.43. The van der Waals surface area contributed by atoms with E-state index in [4.69, 9.17) is 23.2 Å². The molecule has 2 atom stereocenters. The van der Waals surface area contributed by atoms with Gasteiger partial charge in [0.15, 0.2) is 5.78 Å². The van der Waals surface area contributed by atoms with Gasteiger partial charge in [-0.15, -0.1) is 11.6 Å². The number of alkyl halides is 1. The SMILES string of the molecule is C/C=C\C1=C(Cl)C(=O)[C@H](Cl)[C@]1(O)C(=O)OC. The minimum Gasteiger partial charge on any atom is -0.467 e. The fraction of sp³-hybridized carbons (Fsp3) is 0.400. The molecule has 0 aliphatic heterocycles. The quantitative estimate of drug-likeness (QED) is 0.601. The molecule has 1 aliphatic rings. The van der Waals surface area contributed by atoms with Crippen molar-refractivity contribution in [2.24, 2.45) is 0 Å². The molecule has 88 valence electrons. The van der Waals surface area contributed by atoms with Crippen molar-refractivity contribution in [1.29, 1.82) is 0 Å². The van der Waals surface area contributed by atoms with Gasteiger partial charge in [0.05, 0.1) is 12.1 Å². The van der Waals surface area contributed by atoms with Crippen LogP contribution in [0.4, 0.5) is 0 Å². The third-order valence-electron chi connectivity index (χ3n) is 2.29. The fourth-order valence-corrected chi connectivity index (χ4v) is 2.16. The zero-order valence-electron chi connectivity index (χ0n) is 8.66. The second-order valence-corrected chi connectivity index (χ2v) is 4.03. The van der Waals surface area contributed by atoms with Gasteiger partial charge >= 0.3 is 5.97 Å². The Bertz CT molecular complexity index is 400. The summed E-state index contributed by atoms with van der Waals surface area (Å²) in [5.41, 5.74) is -2.25. The first kappa shape index (κ1) is 13.2. The summed E-state index contributed by atoms with van der Waals surface area (Å²) in [5.74, 6) is -1.70. The van der Waals surface area contributed by atoms with Gasteiger partial charge in [-0.2, -0.15) is 0 Å². The lowest BCUT2D eigenvalue weighted by atomic mass is 9.95. The molecule has 0 bridgehead atoms. The predicted octanol–water partition coefficient (Wildman–Crippen LogP) is 1.15. The van der Waals surface area contributed by atoms with E-state index in [1.54, 1.807) is 6.92 Å². The molecule has 0 aromatic carbocycles. The summed E-state index contributed by atoms with van der Waals surface area (Å²) in [4.78, 5) is 23.0. The van der Waals surface area contributed by atoms with Crippen molar-refractivity contribution in [2.45, 2.75) is 17.9 Å². The number of esters is 1. The second kappa shape index (κ2) is 4.57. The first-order valence-corrected chi connectivity index (χ1v) is 5.24. The molecular weight excluding hydrogens is 255 g/mol. The first-order valence-electron chi connectivity index (χ1n) is 4.43. The maximum Gasteiger partial charge on any atom is 0.344 e. The van der Waals surface area contributed by atoms with E-state index in [0.29, 0.717) is 0 Å².